The number of hydrogen-bond donors (Lipinski definition) is 0. The second-order valence-electron chi connectivity index (χ2n) is 7.57. The van der Waals surface area contributed by atoms with Crippen molar-refractivity contribution in [3.63, 3.8) is 0 Å². The van der Waals surface area contributed by atoms with Crippen molar-refractivity contribution in [1.29, 1.82) is 0 Å². The smallest absolute Gasteiger partial charge is 0.352 e. The van der Waals surface area contributed by atoms with Crippen LogP contribution in [-0.4, -0.2) is 25.9 Å². The minimum atomic E-state index is -5.76. The van der Waals surface area contributed by atoms with Gasteiger partial charge in [-0.25, -0.2) is 13.5 Å². The first-order chi connectivity index (χ1) is 14.0. The summed E-state index contributed by atoms with van der Waals surface area (Å²) in [6.45, 7) is 4.69. The van der Waals surface area contributed by atoms with Crippen LogP contribution in [0.25, 0.3) is 0 Å². The van der Waals surface area contributed by atoms with Crippen molar-refractivity contribution in [1.82, 2.24) is 0 Å². The Kier molecular flexibility index (Phi) is 6.78. The van der Waals surface area contributed by atoms with Gasteiger partial charge in [0, 0.05) is 11.8 Å². The summed E-state index contributed by atoms with van der Waals surface area (Å²) in [5.74, 6) is -3.67. The molecule has 1 aromatic rings. The molecule has 1 heterocycles. The maximum absolute atomic E-state index is 14.2. The first-order valence-corrected chi connectivity index (χ1v) is 9.50. The van der Waals surface area contributed by atoms with Crippen LogP contribution in [0.4, 0.5) is 30.7 Å². The minimum absolute atomic E-state index is 0.0884. The molecule has 1 aromatic carbocycles. The number of alkyl halides is 5. The average Bonchev–Trinajstić information content (AvgIpc) is 2.65. The zero-order valence-electron chi connectivity index (χ0n) is 15.9. The second kappa shape index (κ2) is 8.84. The molecule has 0 bridgehead atoms. The Balaban J connectivity index is 1.66. The standard InChI is InChI=1S/C20H21F7O3/c1-2-11-9-28-18(29-10-11)13-5-3-12(4-6-13)14-7-15(21)17(16(22)8-14)19(23,24)30-20(25,26)27/h2,7-8,11-13,18H,1,3-6,9-10H2. The Hall–Kier alpha value is -1.65. The first kappa shape index (κ1) is 23.0. The third-order valence-corrected chi connectivity index (χ3v) is 5.51. The van der Waals surface area contributed by atoms with E-state index in [1.165, 1.54) is 0 Å². The highest BCUT2D eigenvalue weighted by Crippen LogP contribution is 2.42. The zero-order valence-corrected chi connectivity index (χ0v) is 15.9. The van der Waals surface area contributed by atoms with Crippen molar-refractivity contribution < 1.29 is 44.9 Å². The highest BCUT2D eigenvalue weighted by molar-refractivity contribution is 5.31. The van der Waals surface area contributed by atoms with Crippen LogP contribution < -0.4 is 0 Å². The molecule has 0 atom stereocenters. The summed E-state index contributed by atoms with van der Waals surface area (Å²) in [7, 11) is 0. The van der Waals surface area contributed by atoms with E-state index in [4.69, 9.17) is 9.47 Å². The SMILES string of the molecule is C=CC1COC(C2CCC(c3cc(F)c(C(F)(F)OC(F)(F)F)c(F)c3)CC2)OC1. The number of ether oxygens (including phenoxy) is 3. The van der Waals surface area contributed by atoms with Crippen molar-refractivity contribution in [3.8, 4) is 0 Å². The largest absolute Gasteiger partial charge is 0.527 e. The summed E-state index contributed by atoms with van der Waals surface area (Å²) in [6.07, 6.45) is -7.28. The Morgan fingerprint density at radius 1 is 0.933 bits per heavy atom. The molecule has 30 heavy (non-hydrogen) atoms. The zero-order chi connectivity index (χ0) is 22.1. The van der Waals surface area contributed by atoms with Crippen LogP contribution in [0, 0.1) is 23.5 Å². The molecular formula is C20H21F7O3. The van der Waals surface area contributed by atoms with Crippen LogP contribution in [0.15, 0.2) is 24.8 Å². The van der Waals surface area contributed by atoms with E-state index in [1.54, 1.807) is 6.08 Å². The quantitative estimate of drug-likeness (QED) is 0.414. The molecule has 2 aliphatic rings. The molecule has 3 rings (SSSR count). The molecule has 3 nitrogen and oxygen atoms in total. The van der Waals surface area contributed by atoms with Crippen molar-refractivity contribution >= 4 is 0 Å². The van der Waals surface area contributed by atoms with Gasteiger partial charge >= 0.3 is 12.5 Å². The fourth-order valence-corrected chi connectivity index (χ4v) is 3.97. The van der Waals surface area contributed by atoms with Crippen LogP contribution in [0.3, 0.4) is 0 Å². The van der Waals surface area contributed by atoms with Gasteiger partial charge in [0.2, 0.25) is 0 Å². The van der Waals surface area contributed by atoms with Gasteiger partial charge in [0.25, 0.3) is 0 Å². The Morgan fingerprint density at radius 3 is 1.93 bits per heavy atom. The summed E-state index contributed by atoms with van der Waals surface area (Å²) in [6, 6.07) is 1.30. The summed E-state index contributed by atoms with van der Waals surface area (Å²) in [5, 5.41) is 0. The van der Waals surface area contributed by atoms with E-state index < -0.39 is 29.7 Å². The van der Waals surface area contributed by atoms with Crippen LogP contribution in [0.1, 0.15) is 42.7 Å². The van der Waals surface area contributed by atoms with Crippen molar-refractivity contribution in [2.45, 2.75) is 50.4 Å². The fourth-order valence-electron chi connectivity index (χ4n) is 3.97. The molecular weight excluding hydrogens is 421 g/mol. The third kappa shape index (κ3) is 5.33. The van der Waals surface area contributed by atoms with E-state index in [2.05, 4.69) is 11.3 Å². The first-order valence-electron chi connectivity index (χ1n) is 9.50. The maximum atomic E-state index is 14.2. The number of benzene rings is 1. The van der Waals surface area contributed by atoms with Crippen LogP contribution >= 0.6 is 0 Å². The summed E-state index contributed by atoms with van der Waals surface area (Å²) in [4.78, 5) is 0. The van der Waals surface area contributed by atoms with Gasteiger partial charge in [-0.2, -0.15) is 8.78 Å². The van der Waals surface area contributed by atoms with Gasteiger partial charge in [-0.05, 0) is 49.3 Å². The van der Waals surface area contributed by atoms with Gasteiger partial charge < -0.3 is 9.47 Å². The molecule has 1 saturated heterocycles. The van der Waals surface area contributed by atoms with Gasteiger partial charge in [0.1, 0.15) is 17.2 Å². The molecule has 168 valence electrons. The molecule has 0 amide bonds. The van der Waals surface area contributed by atoms with Gasteiger partial charge in [-0.1, -0.05) is 6.08 Å². The fraction of sp³-hybridized carbons (Fsp3) is 0.600. The predicted molar refractivity (Wildman–Crippen MR) is 91.5 cm³/mol. The van der Waals surface area contributed by atoms with Crippen LogP contribution in [-0.2, 0) is 20.3 Å². The van der Waals surface area contributed by atoms with Crippen LogP contribution in [0.5, 0.6) is 0 Å². The van der Waals surface area contributed by atoms with E-state index in [9.17, 15) is 30.7 Å². The average molecular weight is 442 g/mol. The van der Waals surface area contributed by atoms with Gasteiger partial charge in [0.15, 0.2) is 6.29 Å². The molecule has 2 fully saturated rings. The summed E-state index contributed by atoms with van der Waals surface area (Å²) < 4.78 is 106. The van der Waals surface area contributed by atoms with E-state index in [-0.39, 0.29) is 29.6 Å². The lowest BCUT2D eigenvalue weighted by atomic mass is 9.78. The molecule has 0 unspecified atom stereocenters. The van der Waals surface area contributed by atoms with E-state index >= 15 is 0 Å². The molecule has 0 aromatic heterocycles. The molecule has 10 heteroatoms. The minimum Gasteiger partial charge on any atom is -0.352 e. The van der Waals surface area contributed by atoms with Crippen molar-refractivity contribution in [3.05, 3.63) is 47.5 Å². The van der Waals surface area contributed by atoms with Crippen molar-refractivity contribution in [2.75, 3.05) is 13.2 Å². The topological polar surface area (TPSA) is 27.7 Å². The predicted octanol–water partition coefficient (Wildman–Crippen LogP) is 6.00. The lowest BCUT2D eigenvalue weighted by molar-refractivity contribution is -0.432. The highest BCUT2D eigenvalue weighted by atomic mass is 19.4. The Bertz CT molecular complexity index is 726. The summed E-state index contributed by atoms with van der Waals surface area (Å²) in [5.41, 5.74) is -1.94. The van der Waals surface area contributed by atoms with Gasteiger partial charge in [-0.3, -0.25) is 0 Å². The lowest BCUT2D eigenvalue weighted by Gasteiger charge is -2.37. The van der Waals surface area contributed by atoms with E-state index in [0.29, 0.717) is 51.0 Å². The molecule has 1 aliphatic carbocycles. The number of hydrogen-bond acceptors (Lipinski definition) is 3. The van der Waals surface area contributed by atoms with Crippen molar-refractivity contribution in [2.24, 2.45) is 11.8 Å². The van der Waals surface area contributed by atoms with E-state index in [0.717, 1.165) is 0 Å². The number of halogens is 7. The summed E-state index contributed by atoms with van der Waals surface area (Å²) >= 11 is 0. The lowest BCUT2D eigenvalue weighted by Crippen LogP contribution is -2.37. The molecule has 0 spiro atoms. The monoisotopic (exact) mass is 442 g/mol. The Morgan fingerprint density at radius 2 is 1.47 bits per heavy atom. The normalized spacial score (nSPS) is 28.4. The third-order valence-electron chi connectivity index (χ3n) is 5.51. The van der Waals surface area contributed by atoms with Crippen LogP contribution in [0.2, 0.25) is 0 Å². The van der Waals surface area contributed by atoms with Gasteiger partial charge in [-0.15, -0.1) is 19.8 Å². The molecule has 0 N–H and O–H groups in total. The number of rotatable bonds is 5. The van der Waals surface area contributed by atoms with Gasteiger partial charge in [0.05, 0.1) is 13.2 Å². The second-order valence-corrected chi connectivity index (χ2v) is 7.57. The maximum Gasteiger partial charge on any atom is 0.527 e. The molecule has 1 aliphatic heterocycles. The molecule has 0 radical (unpaired) electrons. The highest BCUT2D eigenvalue weighted by Gasteiger charge is 2.49. The molecule has 1 saturated carbocycles. The Labute approximate surface area is 168 Å². The van der Waals surface area contributed by atoms with E-state index in [1.807, 2.05) is 0 Å².